The molecule has 0 bridgehead atoms. The Balaban J connectivity index is 1.84. The fourth-order valence-electron chi connectivity index (χ4n) is 2.25. The third-order valence-electron chi connectivity index (χ3n) is 3.36. The maximum absolute atomic E-state index is 11.8. The highest BCUT2D eigenvalue weighted by molar-refractivity contribution is 5.90. The number of hydrogen-bond acceptors (Lipinski definition) is 6. The smallest absolute Gasteiger partial charge is 0.338 e. The lowest BCUT2D eigenvalue weighted by molar-refractivity contribution is 0.0526. The summed E-state index contributed by atoms with van der Waals surface area (Å²) in [6.45, 7) is 2.08. The number of hydrogen-bond donors (Lipinski definition) is 2. The van der Waals surface area contributed by atoms with Gasteiger partial charge in [-0.05, 0) is 37.3 Å². The highest BCUT2D eigenvalue weighted by Gasteiger charge is 2.08. The lowest BCUT2D eigenvalue weighted by Gasteiger charge is -2.08. The van der Waals surface area contributed by atoms with Crippen LogP contribution in [0.3, 0.4) is 0 Å². The van der Waals surface area contributed by atoms with Crippen molar-refractivity contribution in [2.75, 3.05) is 11.9 Å². The quantitative estimate of drug-likeness (QED) is 0.695. The summed E-state index contributed by atoms with van der Waals surface area (Å²) >= 11 is 0. The summed E-state index contributed by atoms with van der Waals surface area (Å²) in [6.07, 6.45) is 3.16. The van der Waals surface area contributed by atoms with Crippen LogP contribution in [0.15, 0.2) is 59.7 Å². The van der Waals surface area contributed by atoms with Gasteiger partial charge in [0.15, 0.2) is 0 Å². The Labute approximate surface area is 143 Å². The summed E-state index contributed by atoms with van der Waals surface area (Å²) in [4.78, 5) is 34.4. The van der Waals surface area contributed by atoms with Gasteiger partial charge in [-0.3, -0.25) is 4.79 Å². The van der Waals surface area contributed by atoms with E-state index in [-0.39, 0.29) is 11.5 Å². The van der Waals surface area contributed by atoms with E-state index in [0.29, 0.717) is 35.1 Å². The maximum Gasteiger partial charge on any atom is 0.338 e. The molecule has 0 radical (unpaired) electrons. The highest BCUT2D eigenvalue weighted by Crippen LogP contribution is 2.19. The number of nitrogens with zero attached hydrogens (tertiary/aromatic N) is 2. The number of anilines is 2. The second-order valence-electron chi connectivity index (χ2n) is 5.13. The molecule has 1 aromatic carbocycles. The van der Waals surface area contributed by atoms with Gasteiger partial charge in [0.2, 0.25) is 11.5 Å². The topological polar surface area (TPSA) is 97.0 Å². The molecule has 0 amide bonds. The molecule has 0 aliphatic rings. The van der Waals surface area contributed by atoms with Crippen molar-refractivity contribution in [2.24, 2.45) is 0 Å². The van der Waals surface area contributed by atoms with Crippen molar-refractivity contribution in [2.45, 2.75) is 6.92 Å². The van der Waals surface area contributed by atoms with Crippen LogP contribution >= 0.6 is 0 Å². The average Bonchev–Trinajstić information content (AvgIpc) is 2.62. The average molecular weight is 336 g/mol. The molecular weight excluding hydrogens is 320 g/mol. The molecule has 2 heterocycles. The lowest BCUT2D eigenvalue weighted by atomic mass is 10.2. The minimum absolute atomic E-state index is 0.201. The van der Waals surface area contributed by atoms with E-state index < -0.39 is 0 Å². The van der Waals surface area contributed by atoms with Gasteiger partial charge in [-0.15, -0.1) is 0 Å². The van der Waals surface area contributed by atoms with Gasteiger partial charge < -0.3 is 15.0 Å². The Morgan fingerprint density at radius 2 is 2.12 bits per heavy atom. The van der Waals surface area contributed by atoms with E-state index in [0.717, 1.165) is 0 Å². The number of rotatable bonds is 5. The number of nitrogens with one attached hydrogen (secondary N) is 2. The lowest BCUT2D eigenvalue weighted by Crippen LogP contribution is -2.06. The van der Waals surface area contributed by atoms with Gasteiger partial charge in [0.05, 0.1) is 17.9 Å². The first-order chi connectivity index (χ1) is 12.2. The molecule has 2 aromatic heterocycles. The van der Waals surface area contributed by atoms with Crippen molar-refractivity contribution in [1.82, 2.24) is 15.0 Å². The van der Waals surface area contributed by atoms with E-state index in [1.165, 1.54) is 6.07 Å². The molecular formula is C18H16N4O3. The molecule has 3 aromatic rings. The summed E-state index contributed by atoms with van der Waals surface area (Å²) in [6, 6.07) is 11.8. The number of carbonyl (C=O) groups is 1. The van der Waals surface area contributed by atoms with Crippen LogP contribution in [0.5, 0.6) is 0 Å². The predicted molar refractivity (Wildman–Crippen MR) is 93.8 cm³/mol. The monoisotopic (exact) mass is 336 g/mol. The molecule has 0 unspecified atom stereocenters. The van der Waals surface area contributed by atoms with E-state index in [9.17, 15) is 9.59 Å². The third-order valence-corrected chi connectivity index (χ3v) is 3.36. The number of carbonyl (C=O) groups excluding carboxylic acids is 1. The summed E-state index contributed by atoms with van der Waals surface area (Å²) in [5, 5.41) is 3.05. The zero-order valence-corrected chi connectivity index (χ0v) is 13.5. The molecule has 0 fully saturated rings. The molecule has 0 spiro atoms. The van der Waals surface area contributed by atoms with Crippen molar-refractivity contribution < 1.29 is 9.53 Å². The van der Waals surface area contributed by atoms with Gasteiger partial charge in [0.1, 0.15) is 0 Å². The molecule has 0 saturated heterocycles. The standard InChI is InChI=1S/C18H16N4O3/c1-2-25-17(24)13-4-3-5-14(10-13)21-18-20-9-7-15(22-18)12-6-8-19-16(23)11-12/h3-11H,2H2,1H3,(H,19,23)(H,20,21,22). The normalized spacial score (nSPS) is 10.3. The van der Waals surface area contributed by atoms with Gasteiger partial charge in [-0.1, -0.05) is 6.07 Å². The molecule has 3 rings (SSSR count). The Hall–Kier alpha value is -3.48. The molecule has 0 saturated carbocycles. The van der Waals surface area contributed by atoms with Crippen LogP contribution in [0.4, 0.5) is 11.6 Å². The van der Waals surface area contributed by atoms with Crippen molar-refractivity contribution in [3.63, 3.8) is 0 Å². The van der Waals surface area contributed by atoms with Gasteiger partial charge in [0.25, 0.3) is 0 Å². The number of aromatic nitrogens is 3. The molecule has 126 valence electrons. The highest BCUT2D eigenvalue weighted by atomic mass is 16.5. The summed E-state index contributed by atoms with van der Waals surface area (Å²) < 4.78 is 4.99. The summed E-state index contributed by atoms with van der Waals surface area (Å²) in [7, 11) is 0. The van der Waals surface area contributed by atoms with E-state index in [4.69, 9.17) is 4.74 Å². The Morgan fingerprint density at radius 3 is 2.92 bits per heavy atom. The first-order valence-electron chi connectivity index (χ1n) is 7.72. The van der Waals surface area contributed by atoms with Crippen LogP contribution in [0.25, 0.3) is 11.3 Å². The minimum Gasteiger partial charge on any atom is -0.462 e. The first kappa shape index (κ1) is 16.4. The predicted octanol–water partition coefficient (Wildman–Crippen LogP) is 2.75. The van der Waals surface area contributed by atoms with Crippen LogP contribution < -0.4 is 10.9 Å². The van der Waals surface area contributed by atoms with Gasteiger partial charge in [-0.25, -0.2) is 14.8 Å². The molecule has 0 aliphatic carbocycles. The molecule has 7 heteroatoms. The van der Waals surface area contributed by atoms with E-state index in [1.807, 2.05) is 0 Å². The van der Waals surface area contributed by atoms with Gasteiger partial charge in [0, 0.05) is 29.7 Å². The number of pyridine rings is 1. The summed E-state index contributed by atoms with van der Waals surface area (Å²) in [5.74, 6) is -0.0249. The van der Waals surface area contributed by atoms with Crippen molar-refractivity contribution >= 4 is 17.6 Å². The fraction of sp³-hybridized carbons (Fsp3) is 0.111. The van der Waals surface area contributed by atoms with Crippen molar-refractivity contribution in [1.29, 1.82) is 0 Å². The van der Waals surface area contributed by atoms with Gasteiger partial charge in [-0.2, -0.15) is 0 Å². The zero-order valence-electron chi connectivity index (χ0n) is 13.5. The number of ether oxygens (including phenoxy) is 1. The maximum atomic E-state index is 11.8. The number of H-pyrrole nitrogens is 1. The van der Waals surface area contributed by atoms with Crippen molar-refractivity contribution in [3.05, 3.63) is 70.8 Å². The number of esters is 1. The molecule has 2 N–H and O–H groups in total. The number of benzene rings is 1. The minimum atomic E-state index is -0.385. The van der Waals surface area contributed by atoms with E-state index >= 15 is 0 Å². The van der Waals surface area contributed by atoms with Crippen LogP contribution in [-0.2, 0) is 4.74 Å². The zero-order chi connectivity index (χ0) is 17.6. The van der Waals surface area contributed by atoms with Crippen LogP contribution in [0.2, 0.25) is 0 Å². The Bertz CT molecular complexity index is 953. The molecule has 0 atom stereocenters. The number of aromatic amines is 1. The van der Waals surface area contributed by atoms with Gasteiger partial charge >= 0.3 is 5.97 Å². The Morgan fingerprint density at radius 1 is 1.24 bits per heavy atom. The van der Waals surface area contributed by atoms with Crippen molar-refractivity contribution in [3.8, 4) is 11.3 Å². The second kappa shape index (κ2) is 7.39. The van der Waals surface area contributed by atoms with E-state index in [2.05, 4.69) is 20.3 Å². The Kier molecular flexibility index (Phi) is 4.84. The van der Waals surface area contributed by atoms with Crippen LogP contribution in [0.1, 0.15) is 17.3 Å². The summed E-state index contributed by atoms with van der Waals surface area (Å²) in [5.41, 5.74) is 2.21. The first-order valence-corrected chi connectivity index (χ1v) is 7.72. The largest absolute Gasteiger partial charge is 0.462 e. The van der Waals surface area contributed by atoms with Crippen LogP contribution in [0, 0.1) is 0 Å². The van der Waals surface area contributed by atoms with Crippen LogP contribution in [-0.4, -0.2) is 27.5 Å². The molecule has 7 nitrogen and oxygen atoms in total. The van der Waals surface area contributed by atoms with E-state index in [1.54, 1.807) is 55.7 Å². The molecule has 0 aliphatic heterocycles. The SMILES string of the molecule is CCOC(=O)c1cccc(Nc2nccc(-c3cc[nH]c(=O)c3)n2)c1. The second-order valence-corrected chi connectivity index (χ2v) is 5.13. The third kappa shape index (κ3) is 4.08. The molecule has 25 heavy (non-hydrogen) atoms. The fourth-order valence-corrected chi connectivity index (χ4v) is 2.25.